The zero-order chi connectivity index (χ0) is 13.2. The molecule has 0 aliphatic heterocycles. The standard InChI is InChI=1S/C15H10N2O2.2ClH/c18-15(19)12-9-14(10-5-7-16-8-6-10)17-13-4-2-1-3-11(12)13;;/h1-9H,(H,18,19);2*1H. The Kier molecular flexibility index (Phi) is 5.64. The number of hydrogen-bond donors (Lipinski definition) is 1. The summed E-state index contributed by atoms with van der Waals surface area (Å²) in [6.45, 7) is 0. The van der Waals surface area contributed by atoms with Gasteiger partial charge in [-0.2, -0.15) is 0 Å². The molecule has 3 rings (SSSR count). The molecule has 0 saturated heterocycles. The average Bonchev–Trinajstić information content (AvgIpc) is 2.47. The molecule has 1 N–H and O–H groups in total. The van der Waals surface area contributed by atoms with Crippen molar-refractivity contribution in [3.63, 3.8) is 0 Å². The first-order valence-electron chi connectivity index (χ1n) is 5.79. The van der Waals surface area contributed by atoms with E-state index in [-0.39, 0.29) is 30.4 Å². The maximum atomic E-state index is 11.4. The molecule has 0 amide bonds. The third-order valence-corrected chi connectivity index (χ3v) is 2.92. The Balaban J connectivity index is 0.00000110. The number of nitrogens with zero attached hydrogens (tertiary/aromatic N) is 2. The van der Waals surface area contributed by atoms with Crippen LogP contribution in [0.1, 0.15) is 10.4 Å². The number of rotatable bonds is 2. The SMILES string of the molecule is Cl.Cl.O=C(O)c1cc(-c2ccncc2)nc2ccccc12. The second-order valence-electron chi connectivity index (χ2n) is 4.11. The van der Waals surface area contributed by atoms with Gasteiger partial charge in [0.25, 0.3) is 0 Å². The Bertz CT molecular complexity index is 764. The number of fused-ring (bicyclic) bond motifs is 1. The molecule has 1 aromatic carbocycles. The van der Waals surface area contributed by atoms with E-state index in [9.17, 15) is 9.90 Å². The van der Waals surface area contributed by atoms with Crippen molar-refractivity contribution < 1.29 is 9.90 Å². The van der Waals surface area contributed by atoms with Crippen molar-refractivity contribution in [2.75, 3.05) is 0 Å². The first-order valence-corrected chi connectivity index (χ1v) is 5.79. The minimum Gasteiger partial charge on any atom is -0.478 e. The van der Waals surface area contributed by atoms with Crippen LogP contribution >= 0.6 is 24.8 Å². The minimum absolute atomic E-state index is 0. The number of carbonyl (C=O) groups is 1. The molecular formula is C15H12Cl2N2O2. The fraction of sp³-hybridized carbons (Fsp3) is 0. The summed E-state index contributed by atoms with van der Waals surface area (Å²) in [5.74, 6) is -0.950. The minimum atomic E-state index is -0.950. The molecule has 0 aliphatic carbocycles. The Hall–Kier alpha value is -2.17. The van der Waals surface area contributed by atoms with Crippen molar-refractivity contribution >= 4 is 41.7 Å². The first kappa shape index (κ1) is 16.9. The van der Waals surface area contributed by atoms with Gasteiger partial charge in [-0.05, 0) is 24.3 Å². The molecule has 2 aromatic heterocycles. The van der Waals surface area contributed by atoms with Crippen LogP contribution in [0.2, 0.25) is 0 Å². The number of aromatic nitrogens is 2. The third kappa shape index (κ3) is 3.29. The quantitative estimate of drug-likeness (QED) is 0.778. The van der Waals surface area contributed by atoms with Crippen LogP contribution in [0.3, 0.4) is 0 Å². The van der Waals surface area contributed by atoms with Gasteiger partial charge in [0.15, 0.2) is 0 Å². The highest BCUT2D eigenvalue weighted by Gasteiger charge is 2.12. The number of carboxylic acid groups (broad SMARTS) is 1. The predicted octanol–water partition coefficient (Wildman–Crippen LogP) is 3.84. The van der Waals surface area contributed by atoms with Gasteiger partial charge in [-0.15, -0.1) is 24.8 Å². The van der Waals surface area contributed by atoms with Gasteiger partial charge in [0.05, 0.1) is 16.8 Å². The van der Waals surface area contributed by atoms with Crippen molar-refractivity contribution in [1.29, 1.82) is 0 Å². The smallest absolute Gasteiger partial charge is 0.336 e. The average molecular weight is 323 g/mol. The van der Waals surface area contributed by atoms with Gasteiger partial charge >= 0.3 is 5.97 Å². The van der Waals surface area contributed by atoms with Gasteiger partial charge in [-0.3, -0.25) is 4.98 Å². The second-order valence-corrected chi connectivity index (χ2v) is 4.11. The number of benzene rings is 1. The van der Waals surface area contributed by atoms with Gasteiger partial charge in [-0.1, -0.05) is 18.2 Å². The molecule has 6 heteroatoms. The Morgan fingerprint density at radius 2 is 1.67 bits per heavy atom. The maximum Gasteiger partial charge on any atom is 0.336 e. The number of aromatic carboxylic acids is 1. The monoisotopic (exact) mass is 322 g/mol. The molecular weight excluding hydrogens is 311 g/mol. The molecule has 4 nitrogen and oxygen atoms in total. The van der Waals surface area contributed by atoms with Crippen molar-refractivity contribution in [2.45, 2.75) is 0 Å². The van der Waals surface area contributed by atoms with Crippen LogP contribution in [0, 0.1) is 0 Å². The molecule has 0 spiro atoms. The van der Waals surface area contributed by atoms with E-state index in [1.807, 2.05) is 30.3 Å². The van der Waals surface area contributed by atoms with Gasteiger partial charge < -0.3 is 5.11 Å². The topological polar surface area (TPSA) is 63.1 Å². The van der Waals surface area contributed by atoms with E-state index >= 15 is 0 Å². The molecule has 0 aliphatic rings. The van der Waals surface area contributed by atoms with Crippen molar-refractivity contribution in [3.8, 4) is 11.3 Å². The second kappa shape index (κ2) is 7.02. The molecule has 0 saturated carbocycles. The van der Waals surface area contributed by atoms with Crippen LogP contribution < -0.4 is 0 Å². The summed E-state index contributed by atoms with van der Waals surface area (Å²) in [5, 5.41) is 9.96. The lowest BCUT2D eigenvalue weighted by atomic mass is 10.0. The molecule has 3 aromatic rings. The Labute approximate surface area is 133 Å². The fourth-order valence-electron chi connectivity index (χ4n) is 2.02. The highest BCUT2D eigenvalue weighted by molar-refractivity contribution is 6.03. The number of hydrogen-bond acceptors (Lipinski definition) is 3. The summed E-state index contributed by atoms with van der Waals surface area (Å²) < 4.78 is 0. The zero-order valence-electron chi connectivity index (χ0n) is 10.8. The summed E-state index contributed by atoms with van der Waals surface area (Å²) >= 11 is 0. The molecule has 2 heterocycles. The lowest BCUT2D eigenvalue weighted by Crippen LogP contribution is -2.00. The summed E-state index contributed by atoms with van der Waals surface area (Å²) in [5.41, 5.74) is 2.42. The van der Waals surface area contributed by atoms with E-state index in [0.717, 1.165) is 5.56 Å². The third-order valence-electron chi connectivity index (χ3n) is 2.92. The molecule has 21 heavy (non-hydrogen) atoms. The van der Waals surface area contributed by atoms with Crippen molar-refractivity contribution in [3.05, 3.63) is 60.4 Å². The lowest BCUT2D eigenvalue weighted by Gasteiger charge is -2.06. The summed E-state index contributed by atoms with van der Waals surface area (Å²) in [4.78, 5) is 19.8. The van der Waals surface area contributed by atoms with E-state index in [1.165, 1.54) is 0 Å². The summed E-state index contributed by atoms with van der Waals surface area (Å²) in [6.07, 6.45) is 3.32. The van der Waals surface area contributed by atoms with E-state index < -0.39 is 5.97 Å². The van der Waals surface area contributed by atoms with Gasteiger partial charge in [0.2, 0.25) is 0 Å². The van der Waals surface area contributed by atoms with Crippen LogP contribution in [0.4, 0.5) is 0 Å². The number of para-hydroxylation sites is 1. The predicted molar refractivity (Wildman–Crippen MR) is 86.4 cm³/mol. The highest BCUT2D eigenvalue weighted by atomic mass is 35.5. The van der Waals surface area contributed by atoms with Crippen LogP contribution in [-0.2, 0) is 0 Å². The normalized spacial score (nSPS) is 9.52. The van der Waals surface area contributed by atoms with E-state index in [4.69, 9.17) is 0 Å². The Morgan fingerprint density at radius 1 is 1.00 bits per heavy atom. The first-order chi connectivity index (χ1) is 9.25. The van der Waals surface area contributed by atoms with E-state index in [2.05, 4.69) is 9.97 Å². The van der Waals surface area contributed by atoms with Gasteiger partial charge in [-0.25, -0.2) is 9.78 Å². The molecule has 0 atom stereocenters. The molecule has 0 radical (unpaired) electrons. The molecule has 0 bridgehead atoms. The highest BCUT2D eigenvalue weighted by Crippen LogP contribution is 2.24. The fourth-order valence-corrected chi connectivity index (χ4v) is 2.02. The number of carboxylic acids is 1. The van der Waals surface area contributed by atoms with E-state index in [0.29, 0.717) is 16.6 Å². The van der Waals surface area contributed by atoms with E-state index in [1.54, 1.807) is 24.5 Å². The van der Waals surface area contributed by atoms with Crippen molar-refractivity contribution in [1.82, 2.24) is 9.97 Å². The molecule has 0 unspecified atom stereocenters. The molecule has 108 valence electrons. The largest absolute Gasteiger partial charge is 0.478 e. The zero-order valence-corrected chi connectivity index (χ0v) is 12.4. The van der Waals surface area contributed by atoms with Crippen LogP contribution in [0.5, 0.6) is 0 Å². The van der Waals surface area contributed by atoms with Gasteiger partial charge in [0, 0.05) is 23.3 Å². The number of pyridine rings is 2. The maximum absolute atomic E-state index is 11.4. The van der Waals surface area contributed by atoms with Crippen LogP contribution in [0.15, 0.2) is 54.9 Å². The van der Waals surface area contributed by atoms with Crippen LogP contribution in [0.25, 0.3) is 22.2 Å². The van der Waals surface area contributed by atoms with Crippen LogP contribution in [-0.4, -0.2) is 21.0 Å². The summed E-state index contributed by atoms with van der Waals surface area (Å²) in [7, 11) is 0. The lowest BCUT2D eigenvalue weighted by molar-refractivity contribution is 0.0699. The van der Waals surface area contributed by atoms with Crippen molar-refractivity contribution in [2.24, 2.45) is 0 Å². The molecule has 0 fully saturated rings. The Morgan fingerprint density at radius 3 is 2.33 bits per heavy atom. The number of halogens is 2. The summed E-state index contributed by atoms with van der Waals surface area (Å²) in [6, 6.07) is 12.4. The van der Waals surface area contributed by atoms with Gasteiger partial charge in [0.1, 0.15) is 0 Å².